The summed E-state index contributed by atoms with van der Waals surface area (Å²) in [5.41, 5.74) is 5.52. The van der Waals surface area contributed by atoms with E-state index < -0.39 is 0 Å². The van der Waals surface area contributed by atoms with Gasteiger partial charge in [-0.15, -0.1) is 0 Å². The number of nitrogens with two attached hydrogens (primary N) is 1. The smallest absolute Gasteiger partial charge is 0.236 e. The van der Waals surface area contributed by atoms with Crippen molar-refractivity contribution in [2.24, 2.45) is 11.1 Å². The topological polar surface area (TPSA) is 55.6 Å². The maximum atomic E-state index is 11.8. The molecule has 100 valence electrons. The fraction of sp³-hybridized carbons (Fsp3) is 0.923. The van der Waals surface area contributed by atoms with E-state index in [-0.39, 0.29) is 30.0 Å². The van der Waals surface area contributed by atoms with Crippen LogP contribution in [0, 0.1) is 5.41 Å². The molecule has 2 N–H and O–H groups in total. The normalized spacial score (nSPS) is 26.4. The van der Waals surface area contributed by atoms with E-state index in [1.807, 2.05) is 11.8 Å². The Morgan fingerprint density at radius 3 is 2.53 bits per heavy atom. The lowest BCUT2D eigenvalue weighted by Crippen LogP contribution is -2.64. The Kier molecular flexibility index (Phi) is 4.95. The van der Waals surface area contributed by atoms with Crippen molar-refractivity contribution in [3.05, 3.63) is 0 Å². The van der Waals surface area contributed by atoms with Gasteiger partial charge in [-0.05, 0) is 19.8 Å². The summed E-state index contributed by atoms with van der Waals surface area (Å²) in [6, 6.07) is 0.273. The molecule has 0 saturated heterocycles. The molecule has 0 aromatic heterocycles. The van der Waals surface area contributed by atoms with Crippen LogP contribution in [0.2, 0.25) is 0 Å². The third kappa shape index (κ3) is 2.80. The molecule has 0 bridgehead atoms. The summed E-state index contributed by atoms with van der Waals surface area (Å²) < 4.78 is 5.70. The Labute approximate surface area is 104 Å². The molecule has 0 spiro atoms. The van der Waals surface area contributed by atoms with Gasteiger partial charge in [0.2, 0.25) is 5.91 Å². The van der Waals surface area contributed by atoms with Gasteiger partial charge in [0.25, 0.3) is 0 Å². The highest BCUT2D eigenvalue weighted by molar-refractivity contribution is 5.78. The molecule has 4 nitrogen and oxygen atoms in total. The van der Waals surface area contributed by atoms with Crippen molar-refractivity contribution < 1.29 is 9.53 Å². The predicted octanol–water partition coefficient (Wildman–Crippen LogP) is 1.39. The van der Waals surface area contributed by atoms with E-state index in [0.717, 1.165) is 26.0 Å². The average Bonchev–Trinajstić information content (AvgIpc) is 2.31. The Morgan fingerprint density at radius 2 is 2.12 bits per heavy atom. The van der Waals surface area contributed by atoms with Gasteiger partial charge in [0.15, 0.2) is 0 Å². The van der Waals surface area contributed by atoms with Gasteiger partial charge in [-0.2, -0.15) is 0 Å². The number of hydrogen-bond donors (Lipinski definition) is 1. The van der Waals surface area contributed by atoms with E-state index in [1.165, 1.54) is 0 Å². The van der Waals surface area contributed by atoms with Crippen LogP contribution in [0.3, 0.4) is 0 Å². The van der Waals surface area contributed by atoms with E-state index >= 15 is 0 Å². The number of ether oxygens (including phenoxy) is 1. The number of nitrogens with zero attached hydrogens (tertiary/aromatic N) is 1. The summed E-state index contributed by atoms with van der Waals surface area (Å²) in [6.45, 7) is 10.1. The molecule has 1 aliphatic carbocycles. The minimum Gasteiger partial charge on any atom is -0.378 e. The maximum Gasteiger partial charge on any atom is 0.236 e. The highest BCUT2D eigenvalue weighted by atomic mass is 16.5. The molecule has 0 aromatic carbocycles. The molecule has 4 heteroatoms. The number of carbonyl (C=O) groups excluding carboxylic acids is 1. The van der Waals surface area contributed by atoms with Crippen LogP contribution in [0.25, 0.3) is 0 Å². The van der Waals surface area contributed by atoms with Crippen molar-refractivity contribution in [3.8, 4) is 0 Å². The van der Waals surface area contributed by atoms with Crippen LogP contribution in [-0.2, 0) is 9.53 Å². The summed E-state index contributed by atoms with van der Waals surface area (Å²) in [5, 5.41) is 0. The van der Waals surface area contributed by atoms with Crippen LogP contribution in [0.4, 0.5) is 0 Å². The van der Waals surface area contributed by atoms with Crippen LogP contribution in [-0.4, -0.2) is 42.6 Å². The standard InChI is InChI=1S/C13H26N2O2/c1-5-7-15(12(16)9-14)10-8-11(17-6-2)13(10,3)4/h10-11H,5-9,14H2,1-4H3. The van der Waals surface area contributed by atoms with Crippen LogP contribution in [0.5, 0.6) is 0 Å². The number of hydrogen-bond acceptors (Lipinski definition) is 3. The largest absolute Gasteiger partial charge is 0.378 e. The van der Waals surface area contributed by atoms with Gasteiger partial charge in [0.05, 0.1) is 12.6 Å². The molecule has 1 aliphatic rings. The van der Waals surface area contributed by atoms with Crippen LogP contribution in [0.1, 0.15) is 40.5 Å². The van der Waals surface area contributed by atoms with Crippen molar-refractivity contribution in [1.29, 1.82) is 0 Å². The van der Waals surface area contributed by atoms with Crippen LogP contribution < -0.4 is 5.73 Å². The molecular weight excluding hydrogens is 216 g/mol. The number of amides is 1. The van der Waals surface area contributed by atoms with Gasteiger partial charge < -0.3 is 15.4 Å². The van der Waals surface area contributed by atoms with Crippen molar-refractivity contribution in [2.75, 3.05) is 19.7 Å². The van der Waals surface area contributed by atoms with E-state index in [1.54, 1.807) is 0 Å². The molecule has 0 heterocycles. The molecule has 1 amide bonds. The van der Waals surface area contributed by atoms with Gasteiger partial charge >= 0.3 is 0 Å². The van der Waals surface area contributed by atoms with Crippen molar-refractivity contribution >= 4 is 5.91 Å². The molecule has 0 aromatic rings. The first-order valence-corrected chi connectivity index (χ1v) is 6.60. The molecule has 2 atom stereocenters. The lowest BCUT2D eigenvalue weighted by atomic mass is 9.63. The molecule has 2 unspecified atom stereocenters. The second-order valence-corrected chi connectivity index (χ2v) is 5.31. The molecule has 0 aliphatic heterocycles. The first-order chi connectivity index (χ1) is 7.98. The van der Waals surface area contributed by atoms with Gasteiger partial charge in [-0.25, -0.2) is 0 Å². The zero-order chi connectivity index (χ0) is 13.1. The fourth-order valence-corrected chi connectivity index (χ4v) is 2.69. The van der Waals surface area contributed by atoms with Crippen molar-refractivity contribution in [1.82, 2.24) is 4.90 Å². The Bertz CT molecular complexity index is 266. The molecule has 17 heavy (non-hydrogen) atoms. The highest BCUT2D eigenvalue weighted by Gasteiger charge is 2.52. The third-order valence-electron chi connectivity index (χ3n) is 3.83. The van der Waals surface area contributed by atoms with E-state index in [2.05, 4.69) is 20.8 Å². The summed E-state index contributed by atoms with van der Waals surface area (Å²) in [4.78, 5) is 13.8. The lowest BCUT2D eigenvalue weighted by Gasteiger charge is -2.55. The monoisotopic (exact) mass is 242 g/mol. The minimum atomic E-state index is 0.0377. The van der Waals surface area contributed by atoms with Crippen LogP contribution >= 0.6 is 0 Å². The second-order valence-electron chi connectivity index (χ2n) is 5.31. The molecule has 0 radical (unpaired) electrons. The molecule has 1 saturated carbocycles. The highest BCUT2D eigenvalue weighted by Crippen LogP contribution is 2.45. The maximum absolute atomic E-state index is 11.8. The third-order valence-corrected chi connectivity index (χ3v) is 3.83. The molecule has 1 fully saturated rings. The predicted molar refractivity (Wildman–Crippen MR) is 68.7 cm³/mol. The van der Waals surface area contributed by atoms with Gasteiger partial charge in [0.1, 0.15) is 0 Å². The fourth-order valence-electron chi connectivity index (χ4n) is 2.69. The zero-order valence-electron chi connectivity index (χ0n) is 11.5. The molecular formula is C13H26N2O2. The first kappa shape index (κ1) is 14.5. The van der Waals surface area contributed by atoms with Crippen molar-refractivity contribution in [3.63, 3.8) is 0 Å². The van der Waals surface area contributed by atoms with Crippen molar-refractivity contribution in [2.45, 2.75) is 52.7 Å². The van der Waals surface area contributed by atoms with Gasteiger partial charge in [0, 0.05) is 24.6 Å². The van der Waals surface area contributed by atoms with E-state index in [0.29, 0.717) is 0 Å². The quantitative estimate of drug-likeness (QED) is 0.765. The molecule has 1 rings (SSSR count). The van der Waals surface area contributed by atoms with Gasteiger partial charge in [-0.1, -0.05) is 20.8 Å². The number of carbonyl (C=O) groups is 1. The Morgan fingerprint density at radius 1 is 1.47 bits per heavy atom. The van der Waals surface area contributed by atoms with E-state index in [4.69, 9.17) is 10.5 Å². The number of rotatable bonds is 6. The second kappa shape index (κ2) is 5.83. The summed E-state index contributed by atoms with van der Waals surface area (Å²) in [5.74, 6) is 0.0554. The lowest BCUT2D eigenvalue weighted by molar-refractivity contribution is -0.166. The summed E-state index contributed by atoms with van der Waals surface area (Å²) in [7, 11) is 0. The first-order valence-electron chi connectivity index (χ1n) is 6.60. The zero-order valence-corrected chi connectivity index (χ0v) is 11.5. The summed E-state index contributed by atoms with van der Waals surface area (Å²) >= 11 is 0. The van der Waals surface area contributed by atoms with Gasteiger partial charge in [-0.3, -0.25) is 4.79 Å². The Balaban J connectivity index is 2.68. The SMILES string of the molecule is CCCN(C(=O)CN)C1CC(OCC)C1(C)C. The summed E-state index contributed by atoms with van der Waals surface area (Å²) in [6.07, 6.45) is 2.17. The Hall–Kier alpha value is -0.610. The van der Waals surface area contributed by atoms with Crippen LogP contribution in [0.15, 0.2) is 0 Å². The van der Waals surface area contributed by atoms with E-state index in [9.17, 15) is 4.79 Å². The minimum absolute atomic E-state index is 0.0377. The average molecular weight is 242 g/mol.